The number of methoxy groups -OCH3 is 1. The van der Waals surface area contributed by atoms with Crippen LogP contribution in [0.3, 0.4) is 0 Å². The highest BCUT2D eigenvalue weighted by molar-refractivity contribution is 5.79. The fraction of sp³-hybridized carbons (Fsp3) is 0.333. The summed E-state index contributed by atoms with van der Waals surface area (Å²) in [4.78, 5) is 2.41. The highest BCUT2D eigenvalue weighted by Gasteiger charge is 2.15. The minimum Gasteiger partial charge on any atom is -0.497 e. The molecule has 0 unspecified atom stereocenters. The Morgan fingerprint density at radius 3 is 1.73 bits per heavy atom. The van der Waals surface area contributed by atoms with E-state index in [9.17, 15) is 0 Å². The molecular formula is C30H42N2O. The van der Waals surface area contributed by atoms with Gasteiger partial charge in [0.2, 0.25) is 0 Å². The van der Waals surface area contributed by atoms with E-state index in [1.165, 1.54) is 22.3 Å². The van der Waals surface area contributed by atoms with Crippen LogP contribution < -0.4 is 10.5 Å². The van der Waals surface area contributed by atoms with Gasteiger partial charge in [0, 0.05) is 25.7 Å². The SMILES string of the molecule is CC.CC.COc1ccc([C@@H](C)N(CC=C(c2ccccc2)c2ccccc2)CCN)cc1. The van der Waals surface area contributed by atoms with Crippen LogP contribution in [-0.2, 0) is 0 Å². The largest absolute Gasteiger partial charge is 0.497 e. The third-order valence-electron chi connectivity index (χ3n) is 5.26. The molecule has 178 valence electrons. The van der Waals surface area contributed by atoms with Crippen LogP contribution in [0.1, 0.15) is 57.4 Å². The number of rotatable bonds is 9. The molecule has 0 aromatic heterocycles. The minimum absolute atomic E-state index is 0.258. The van der Waals surface area contributed by atoms with E-state index in [0.717, 1.165) is 18.8 Å². The molecule has 0 fully saturated rings. The first-order chi connectivity index (χ1) is 16.2. The van der Waals surface area contributed by atoms with Gasteiger partial charge in [0.1, 0.15) is 5.75 Å². The maximum Gasteiger partial charge on any atom is 0.118 e. The van der Waals surface area contributed by atoms with Crippen LogP contribution >= 0.6 is 0 Å². The summed E-state index contributed by atoms with van der Waals surface area (Å²) in [5.41, 5.74) is 10.9. The van der Waals surface area contributed by atoms with E-state index in [1.54, 1.807) is 7.11 Å². The van der Waals surface area contributed by atoms with Crippen LogP contribution in [0.4, 0.5) is 0 Å². The van der Waals surface area contributed by atoms with Gasteiger partial charge < -0.3 is 10.5 Å². The van der Waals surface area contributed by atoms with Crippen molar-refractivity contribution in [2.24, 2.45) is 5.73 Å². The van der Waals surface area contributed by atoms with E-state index in [0.29, 0.717) is 6.54 Å². The van der Waals surface area contributed by atoms with Gasteiger partial charge in [-0.05, 0) is 41.3 Å². The van der Waals surface area contributed by atoms with Gasteiger partial charge in [-0.15, -0.1) is 0 Å². The Balaban J connectivity index is 0.00000129. The first kappa shape index (κ1) is 28.2. The van der Waals surface area contributed by atoms with Crippen molar-refractivity contribution in [1.82, 2.24) is 4.90 Å². The summed E-state index contributed by atoms with van der Waals surface area (Å²) in [7, 11) is 1.69. The van der Waals surface area contributed by atoms with Crippen LogP contribution in [0.2, 0.25) is 0 Å². The van der Waals surface area contributed by atoms with E-state index in [2.05, 4.69) is 90.7 Å². The Kier molecular flexibility index (Phi) is 14.3. The lowest BCUT2D eigenvalue weighted by Crippen LogP contribution is -2.32. The predicted molar refractivity (Wildman–Crippen MR) is 145 cm³/mol. The second-order valence-corrected chi connectivity index (χ2v) is 7.08. The summed E-state index contributed by atoms with van der Waals surface area (Å²) in [5, 5.41) is 0. The van der Waals surface area contributed by atoms with E-state index < -0.39 is 0 Å². The van der Waals surface area contributed by atoms with Crippen molar-refractivity contribution in [2.45, 2.75) is 40.7 Å². The zero-order chi connectivity index (χ0) is 24.5. The molecule has 0 heterocycles. The quantitative estimate of drug-likeness (QED) is 0.378. The number of nitrogens with zero attached hydrogens (tertiary/aromatic N) is 1. The Morgan fingerprint density at radius 1 is 0.818 bits per heavy atom. The summed E-state index contributed by atoms with van der Waals surface area (Å²) in [6, 6.07) is 29.7. The second kappa shape index (κ2) is 16.7. The Labute approximate surface area is 201 Å². The molecule has 0 bridgehead atoms. The molecule has 3 nitrogen and oxygen atoms in total. The third-order valence-corrected chi connectivity index (χ3v) is 5.26. The molecule has 3 aromatic rings. The van der Waals surface area contributed by atoms with Crippen molar-refractivity contribution in [3.63, 3.8) is 0 Å². The Hall–Kier alpha value is -2.88. The highest BCUT2D eigenvalue weighted by atomic mass is 16.5. The van der Waals surface area contributed by atoms with Gasteiger partial charge in [-0.3, -0.25) is 4.90 Å². The topological polar surface area (TPSA) is 38.5 Å². The Morgan fingerprint density at radius 2 is 1.30 bits per heavy atom. The molecule has 0 radical (unpaired) electrons. The van der Waals surface area contributed by atoms with Crippen molar-refractivity contribution in [2.75, 3.05) is 26.7 Å². The molecule has 3 heteroatoms. The smallest absolute Gasteiger partial charge is 0.118 e. The maximum atomic E-state index is 5.94. The van der Waals surface area contributed by atoms with Crippen molar-refractivity contribution in [1.29, 1.82) is 0 Å². The fourth-order valence-corrected chi connectivity index (χ4v) is 3.55. The lowest BCUT2D eigenvalue weighted by Gasteiger charge is -2.28. The normalized spacial score (nSPS) is 10.8. The fourth-order valence-electron chi connectivity index (χ4n) is 3.55. The van der Waals surface area contributed by atoms with E-state index in [4.69, 9.17) is 10.5 Å². The van der Waals surface area contributed by atoms with Gasteiger partial charge in [0.15, 0.2) is 0 Å². The van der Waals surface area contributed by atoms with E-state index >= 15 is 0 Å². The molecule has 0 saturated carbocycles. The molecule has 0 saturated heterocycles. The Bertz CT molecular complexity index is 848. The lowest BCUT2D eigenvalue weighted by atomic mass is 9.97. The highest BCUT2D eigenvalue weighted by Crippen LogP contribution is 2.26. The summed E-state index contributed by atoms with van der Waals surface area (Å²) in [5.74, 6) is 0.877. The first-order valence-corrected chi connectivity index (χ1v) is 12.1. The van der Waals surface area contributed by atoms with Crippen LogP contribution in [0.5, 0.6) is 5.75 Å². The number of nitrogens with two attached hydrogens (primary N) is 1. The molecule has 0 aliphatic heterocycles. The summed E-state index contributed by atoms with van der Waals surface area (Å²) in [6.07, 6.45) is 2.32. The second-order valence-electron chi connectivity index (χ2n) is 7.08. The zero-order valence-electron chi connectivity index (χ0n) is 21.3. The van der Waals surface area contributed by atoms with Crippen LogP contribution in [0.15, 0.2) is 91.0 Å². The molecule has 0 aliphatic rings. The molecule has 0 amide bonds. The van der Waals surface area contributed by atoms with Gasteiger partial charge in [-0.1, -0.05) is 107 Å². The van der Waals surface area contributed by atoms with E-state index in [-0.39, 0.29) is 6.04 Å². The molecule has 33 heavy (non-hydrogen) atoms. The molecule has 2 N–H and O–H groups in total. The summed E-state index contributed by atoms with van der Waals surface area (Å²) in [6.45, 7) is 12.5. The van der Waals surface area contributed by atoms with Gasteiger partial charge >= 0.3 is 0 Å². The third kappa shape index (κ3) is 8.88. The van der Waals surface area contributed by atoms with Crippen LogP contribution in [0.25, 0.3) is 5.57 Å². The summed E-state index contributed by atoms with van der Waals surface area (Å²) >= 11 is 0. The number of hydrogen-bond acceptors (Lipinski definition) is 3. The molecule has 0 aliphatic carbocycles. The molecule has 1 atom stereocenters. The monoisotopic (exact) mass is 446 g/mol. The molecule has 0 spiro atoms. The van der Waals surface area contributed by atoms with Crippen LogP contribution in [-0.4, -0.2) is 31.6 Å². The van der Waals surface area contributed by atoms with Crippen molar-refractivity contribution in [3.05, 3.63) is 108 Å². The standard InChI is InChI=1S/C26H30N2O.2C2H6/c1-21(22-13-15-25(29-2)16-14-22)28(20-18-27)19-17-26(23-9-5-3-6-10-23)24-11-7-4-8-12-24;2*1-2/h3-17,21H,18-20,27H2,1-2H3;2*1-2H3/t21-;;/m1../s1. The molecule has 3 rings (SSSR count). The zero-order valence-corrected chi connectivity index (χ0v) is 21.3. The van der Waals surface area contributed by atoms with Crippen molar-refractivity contribution < 1.29 is 4.74 Å². The number of hydrogen-bond donors (Lipinski definition) is 1. The average molecular weight is 447 g/mol. The van der Waals surface area contributed by atoms with Gasteiger partial charge in [-0.2, -0.15) is 0 Å². The van der Waals surface area contributed by atoms with E-state index in [1.807, 2.05) is 39.8 Å². The number of ether oxygens (including phenoxy) is 1. The molecular weight excluding hydrogens is 404 g/mol. The minimum atomic E-state index is 0.258. The van der Waals surface area contributed by atoms with Crippen LogP contribution in [0, 0.1) is 0 Å². The van der Waals surface area contributed by atoms with Gasteiger partial charge in [0.25, 0.3) is 0 Å². The first-order valence-electron chi connectivity index (χ1n) is 12.1. The predicted octanol–water partition coefficient (Wildman–Crippen LogP) is 7.20. The lowest BCUT2D eigenvalue weighted by molar-refractivity contribution is 0.241. The average Bonchev–Trinajstić information content (AvgIpc) is 2.91. The van der Waals surface area contributed by atoms with Crippen molar-refractivity contribution >= 4 is 5.57 Å². The van der Waals surface area contributed by atoms with Gasteiger partial charge in [0.05, 0.1) is 7.11 Å². The molecule has 3 aromatic carbocycles. The van der Waals surface area contributed by atoms with Crippen molar-refractivity contribution in [3.8, 4) is 5.75 Å². The maximum absolute atomic E-state index is 5.94. The van der Waals surface area contributed by atoms with Gasteiger partial charge in [-0.25, -0.2) is 0 Å². The number of benzene rings is 3. The summed E-state index contributed by atoms with van der Waals surface area (Å²) < 4.78 is 5.29.